The van der Waals surface area contributed by atoms with Crippen LogP contribution in [0.25, 0.3) is 0 Å². The lowest BCUT2D eigenvalue weighted by Crippen LogP contribution is -2.41. The van der Waals surface area contributed by atoms with Crippen molar-refractivity contribution in [1.29, 1.82) is 0 Å². The molecule has 25 heavy (non-hydrogen) atoms. The van der Waals surface area contributed by atoms with Gasteiger partial charge in [-0.2, -0.15) is 0 Å². The summed E-state index contributed by atoms with van der Waals surface area (Å²) in [6.45, 7) is 5.68. The maximum absolute atomic E-state index is 11.0. The molecule has 1 aliphatic rings. The molecular formula is C17H29N5O2S. The molecule has 0 bridgehead atoms. The highest BCUT2D eigenvalue weighted by atomic mass is 32.2. The van der Waals surface area contributed by atoms with E-state index in [9.17, 15) is 8.42 Å². The fourth-order valence-electron chi connectivity index (χ4n) is 2.98. The summed E-state index contributed by atoms with van der Waals surface area (Å²) in [4.78, 5) is 7.09. The average molecular weight is 368 g/mol. The molecule has 2 rings (SSSR count). The van der Waals surface area contributed by atoms with E-state index in [4.69, 9.17) is 5.14 Å². The first-order valence-electron chi connectivity index (χ1n) is 8.78. The van der Waals surface area contributed by atoms with Crippen molar-refractivity contribution < 1.29 is 8.42 Å². The molecule has 1 fully saturated rings. The Morgan fingerprint density at radius 3 is 2.76 bits per heavy atom. The van der Waals surface area contributed by atoms with E-state index >= 15 is 0 Å². The van der Waals surface area contributed by atoms with E-state index in [1.54, 1.807) is 0 Å². The van der Waals surface area contributed by atoms with E-state index in [0.717, 1.165) is 26.1 Å². The van der Waals surface area contributed by atoms with E-state index in [1.807, 2.05) is 13.0 Å². The molecule has 1 heterocycles. The van der Waals surface area contributed by atoms with Gasteiger partial charge >= 0.3 is 0 Å². The number of aliphatic imine (C=N–C) groups is 1. The molecule has 0 amide bonds. The van der Waals surface area contributed by atoms with E-state index in [2.05, 4.69) is 44.8 Å². The van der Waals surface area contributed by atoms with E-state index in [-0.39, 0.29) is 12.3 Å². The monoisotopic (exact) mass is 367 g/mol. The number of rotatable bonds is 8. The molecular weight excluding hydrogens is 338 g/mol. The highest BCUT2D eigenvalue weighted by Gasteiger charge is 2.24. The lowest BCUT2D eigenvalue weighted by Gasteiger charge is -2.23. The fourth-order valence-corrected chi connectivity index (χ4v) is 3.36. The number of benzene rings is 1. The molecule has 0 saturated carbocycles. The van der Waals surface area contributed by atoms with E-state index in [1.165, 1.54) is 12.0 Å². The van der Waals surface area contributed by atoms with Crippen LogP contribution < -0.4 is 15.8 Å². The van der Waals surface area contributed by atoms with Gasteiger partial charge in [0.1, 0.15) is 0 Å². The molecule has 1 aliphatic heterocycles. The van der Waals surface area contributed by atoms with Gasteiger partial charge in [-0.3, -0.25) is 9.89 Å². The lowest BCUT2D eigenvalue weighted by atomic mass is 10.2. The largest absolute Gasteiger partial charge is 0.357 e. The van der Waals surface area contributed by atoms with Gasteiger partial charge in [0.2, 0.25) is 10.0 Å². The summed E-state index contributed by atoms with van der Waals surface area (Å²) < 4.78 is 22.1. The van der Waals surface area contributed by atoms with Gasteiger partial charge < -0.3 is 10.6 Å². The molecule has 1 saturated heterocycles. The summed E-state index contributed by atoms with van der Waals surface area (Å²) in [5.41, 5.74) is 1.32. The third kappa shape index (κ3) is 7.41. The number of guanidine groups is 1. The maximum Gasteiger partial charge on any atom is 0.210 e. The second-order valence-corrected chi connectivity index (χ2v) is 8.00. The Hall–Kier alpha value is -1.64. The number of hydrogen-bond donors (Lipinski definition) is 3. The summed E-state index contributed by atoms with van der Waals surface area (Å²) in [5.74, 6) is 0.527. The predicted molar refractivity (Wildman–Crippen MR) is 102 cm³/mol. The minimum atomic E-state index is -3.46. The molecule has 140 valence electrons. The first-order chi connectivity index (χ1) is 12.0. The lowest BCUT2D eigenvalue weighted by molar-refractivity contribution is 0.250. The topological polar surface area (TPSA) is 99.8 Å². The summed E-state index contributed by atoms with van der Waals surface area (Å²) in [6.07, 6.45) is 2.31. The number of nitrogens with one attached hydrogen (secondary N) is 2. The van der Waals surface area contributed by atoms with Crippen LogP contribution in [-0.4, -0.2) is 57.3 Å². The van der Waals surface area contributed by atoms with Gasteiger partial charge in [-0.1, -0.05) is 30.3 Å². The second-order valence-electron chi connectivity index (χ2n) is 6.27. The minimum absolute atomic E-state index is 0.110. The molecule has 1 aromatic rings. The van der Waals surface area contributed by atoms with E-state index < -0.39 is 10.0 Å². The third-order valence-corrected chi connectivity index (χ3v) is 4.98. The van der Waals surface area contributed by atoms with Gasteiger partial charge in [-0.25, -0.2) is 13.6 Å². The molecule has 0 spiro atoms. The van der Waals surface area contributed by atoms with Crippen LogP contribution in [0.1, 0.15) is 25.3 Å². The molecule has 1 aromatic carbocycles. The standard InChI is InChI=1S/C17H29N5O2S/c1-2-19-17(20-10-12-25(18,23)24)21-13-16-9-6-11-22(16)14-15-7-4-3-5-8-15/h3-5,7-8,16H,2,6,9-14H2,1H3,(H2,18,23,24)(H2,19,20,21). The predicted octanol–water partition coefficient (Wildman–Crippen LogP) is 0.495. The van der Waals surface area contributed by atoms with Crippen molar-refractivity contribution in [2.45, 2.75) is 32.4 Å². The van der Waals surface area contributed by atoms with Gasteiger partial charge in [0.15, 0.2) is 5.96 Å². The maximum atomic E-state index is 11.0. The van der Waals surface area contributed by atoms with E-state index in [0.29, 0.717) is 18.5 Å². The average Bonchev–Trinajstić information content (AvgIpc) is 2.99. The zero-order valence-electron chi connectivity index (χ0n) is 14.8. The van der Waals surface area contributed by atoms with Crippen molar-refractivity contribution in [2.75, 3.05) is 31.9 Å². The van der Waals surface area contributed by atoms with Crippen molar-refractivity contribution in [1.82, 2.24) is 15.5 Å². The Labute approximate surface area is 150 Å². The molecule has 7 nitrogen and oxygen atoms in total. The quantitative estimate of drug-likeness (QED) is 0.459. The number of nitrogens with two attached hydrogens (primary N) is 1. The molecule has 0 aromatic heterocycles. The smallest absolute Gasteiger partial charge is 0.210 e. The molecule has 0 radical (unpaired) electrons. The van der Waals surface area contributed by atoms with Crippen molar-refractivity contribution in [2.24, 2.45) is 10.1 Å². The Morgan fingerprint density at radius 2 is 2.08 bits per heavy atom. The second kappa shape index (κ2) is 9.74. The van der Waals surface area contributed by atoms with Gasteiger partial charge in [0, 0.05) is 25.7 Å². The first kappa shape index (κ1) is 19.7. The van der Waals surface area contributed by atoms with Crippen molar-refractivity contribution in [3.05, 3.63) is 35.9 Å². The van der Waals surface area contributed by atoms with Gasteiger partial charge in [-0.15, -0.1) is 0 Å². The Kier molecular flexibility index (Phi) is 7.67. The van der Waals surface area contributed by atoms with Crippen LogP contribution >= 0.6 is 0 Å². The first-order valence-corrected chi connectivity index (χ1v) is 10.5. The summed E-state index contributed by atoms with van der Waals surface area (Å²) in [5, 5.41) is 11.2. The van der Waals surface area contributed by atoms with Gasteiger partial charge in [0.25, 0.3) is 0 Å². The number of likely N-dealkylation sites (tertiary alicyclic amines) is 1. The zero-order chi connectivity index (χ0) is 18.1. The van der Waals surface area contributed by atoms with Crippen LogP contribution in [0.2, 0.25) is 0 Å². The SMILES string of the molecule is CCNC(=NCC1CCCN1Cc1ccccc1)NCCS(N)(=O)=O. The van der Waals surface area contributed by atoms with Crippen LogP contribution in [0.3, 0.4) is 0 Å². The highest BCUT2D eigenvalue weighted by molar-refractivity contribution is 7.89. The van der Waals surface area contributed by atoms with Gasteiger partial charge in [0.05, 0.1) is 12.3 Å². The minimum Gasteiger partial charge on any atom is -0.357 e. The molecule has 1 atom stereocenters. The summed E-state index contributed by atoms with van der Waals surface area (Å²) in [6, 6.07) is 10.9. The molecule has 1 unspecified atom stereocenters. The van der Waals surface area contributed by atoms with Crippen LogP contribution in [0, 0.1) is 0 Å². The Bertz CT molecular complexity index is 648. The summed E-state index contributed by atoms with van der Waals surface area (Å²) >= 11 is 0. The number of nitrogens with zero attached hydrogens (tertiary/aromatic N) is 2. The van der Waals surface area contributed by atoms with Crippen LogP contribution in [0.15, 0.2) is 35.3 Å². The Morgan fingerprint density at radius 1 is 1.32 bits per heavy atom. The molecule has 4 N–H and O–H groups in total. The number of hydrogen-bond acceptors (Lipinski definition) is 4. The van der Waals surface area contributed by atoms with Crippen LogP contribution in [0.5, 0.6) is 0 Å². The van der Waals surface area contributed by atoms with Crippen LogP contribution in [-0.2, 0) is 16.6 Å². The van der Waals surface area contributed by atoms with Gasteiger partial charge in [-0.05, 0) is 31.9 Å². The Balaban J connectivity index is 1.88. The summed E-state index contributed by atoms with van der Waals surface area (Å²) in [7, 11) is -3.46. The zero-order valence-corrected chi connectivity index (χ0v) is 15.6. The van der Waals surface area contributed by atoms with Crippen molar-refractivity contribution in [3.8, 4) is 0 Å². The normalized spacial score (nSPS) is 19.1. The molecule has 8 heteroatoms. The van der Waals surface area contributed by atoms with Crippen molar-refractivity contribution >= 4 is 16.0 Å². The number of primary sulfonamides is 1. The van der Waals surface area contributed by atoms with Crippen molar-refractivity contribution in [3.63, 3.8) is 0 Å². The third-order valence-electron chi connectivity index (χ3n) is 4.21. The fraction of sp³-hybridized carbons (Fsp3) is 0.588. The number of sulfonamides is 1. The van der Waals surface area contributed by atoms with Crippen LogP contribution in [0.4, 0.5) is 0 Å². The highest BCUT2D eigenvalue weighted by Crippen LogP contribution is 2.20. The molecule has 0 aliphatic carbocycles.